The van der Waals surface area contributed by atoms with E-state index in [1.807, 2.05) is 0 Å². The summed E-state index contributed by atoms with van der Waals surface area (Å²) in [6, 6.07) is 0. The predicted octanol–water partition coefficient (Wildman–Crippen LogP) is 11.0. The molecule has 0 spiro atoms. The van der Waals surface area contributed by atoms with Crippen molar-refractivity contribution in [2.24, 2.45) is 0 Å². The molecule has 0 aromatic rings. The minimum absolute atomic E-state index is 0.00273. The first-order valence-corrected chi connectivity index (χ1v) is 17.5. The molecule has 208 valence electrons. The van der Waals surface area contributed by atoms with E-state index in [4.69, 9.17) is 15.0 Å². The zero-order valence-electron chi connectivity index (χ0n) is 25.9. The van der Waals surface area contributed by atoms with Gasteiger partial charge in [-0.3, -0.25) is 17.8 Å². The topological polar surface area (TPSA) is 55.3 Å². The SMILES string of the molecule is CC(C)(C)[N-]P1N(C(C)(C)C)P([N-]P2N(C(C)(C)C)P([N-]C(C)(C)C)N2C(C)(C)C)N1C(C)(C)C. The molecule has 0 bridgehead atoms. The molecule has 0 saturated carbocycles. The molecule has 0 unspecified atom stereocenters. The highest BCUT2D eigenvalue weighted by Crippen LogP contribution is 2.95. The van der Waals surface area contributed by atoms with Crippen molar-refractivity contribution in [2.75, 3.05) is 0 Å². The maximum absolute atomic E-state index is 5.79. The van der Waals surface area contributed by atoms with E-state index in [0.29, 0.717) is 0 Å². The van der Waals surface area contributed by atoms with Crippen LogP contribution in [0.1, 0.15) is 125 Å². The molecule has 0 atom stereocenters. The van der Waals surface area contributed by atoms with Crippen LogP contribution < -0.4 is 0 Å². The molecule has 2 saturated heterocycles. The van der Waals surface area contributed by atoms with Crippen LogP contribution in [0.25, 0.3) is 15.0 Å². The van der Waals surface area contributed by atoms with Crippen LogP contribution in [0.2, 0.25) is 0 Å². The fourth-order valence-corrected chi connectivity index (χ4v) is 16.7. The molecule has 11 heteroatoms. The Labute approximate surface area is 223 Å². The van der Waals surface area contributed by atoms with Crippen molar-refractivity contribution >= 4 is 33.5 Å². The maximum Gasteiger partial charge on any atom is 0.0194 e. The van der Waals surface area contributed by atoms with Gasteiger partial charge in [-0.15, -0.1) is 11.1 Å². The third-order valence-corrected chi connectivity index (χ3v) is 18.9. The zero-order valence-corrected chi connectivity index (χ0v) is 29.5. The quantitative estimate of drug-likeness (QED) is 0.319. The van der Waals surface area contributed by atoms with Gasteiger partial charge in [-0.2, -0.15) is 0 Å². The molecule has 2 fully saturated rings. The lowest BCUT2D eigenvalue weighted by Gasteiger charge is -2.83. The van der Waals surface area contributed by atoms with Gasteiger partial charge in [-0.25, -0.2) is 0 Å². The van der Waals surface area contributed by atoms with E-state index in [1.165, 1.54) is 0 Å². The minimum atomic E-state index is -0.846. The highest BCUT2D eigenvalue weighted by atomic mass is 31.3. The van der Waals surface area contributed by atoms with Crippen LogP contribution in [0, 0.1) is 0 Å². The van der Waals surface area contributed by atoms with Gasteiger partial charge in [0.2, 0.25) is 0 Å². The molecule has 2 rings (SSSR count). The van der Waals surface area contributed by atoms with Crippen molar-refractivity contribution < 1.29 is 0 Å². The van der Waals surface area contributed by atoms with E-state index in [-0.39, 0.29) is 33.2 Å². The van der Waals surface area contributed by atoms with Gasteiger partial charge in [0.15, 0.2) is 0 Å². The Kier molecular flexibility index (Phi) is 9.44. The summed E-state index contributed by atoms with van der Waals surface area (Å²) in [6.07, 6.45) is 0. The Morgan fingerprint density at radius 2 is 0.543 bits per heavy atom. The molecule has 7 nitrogen and oxygen atoms in total. The van der Waals surface area contributed by atoms with Crippen LogP contribution in [-0.2, 0) is 0 Å². The molecule has 0 aromatic carbocycles. The lowest BCUT2D eigenvalue weighted by atomic mass is 10.1. The fraction of sp³-hybridized carbons (Fsp3) is 1.00. The first kappa shape index (κ1) is 32.7. The molecule has 0 aliphatic carbocycles. The van der Waals surface area contributed by atoms with Gasteiger partial charge >= 0.3 is 0 Å². The zero-order chi connectivity index (χ0) is 27.7. The third kappa shape index (κ3) is 7.77. The number of hydrogen-bond acceptors (Lipinski definition) is 4. The van der Waals surface area contributed by atoms with Gasteiger partial charge in [0.05, 0.1) is 0 Å². The first-order chi connectivity index (χ1) is 15.2. The van der Waals surface area contributed by atoms with E-state index >= 15 is 0 Å². The Hall–Kier alpha value is 1.44. The van der Waals surface area contributed by atoms with Crippen molar-refractivity contribution in [1.29, 1.82) is 0 Å². The van der Waals surface area contributed by atoms with Crippen molar-refractivity contribution in [3.05, 3.63) is 15.0 Å². The van der Waals surface area contributed by atoms with Crippen molar-refractivity contribution in [2.45, 2.75) is 158 Å². The lowest BCUT2D eigenvalue weighted by Crippen LogP contribution is -2.55. The van der Waals surface area contributed by atoms with E-state index < -0.39 is 33.5 Å². The molecule has 0 radical (unpaired) electrons. The molecule has 2 aliphatic rings. The molecular weight excluding hydrogens is 510 g/mol. The summed E-state index contributed by atoms with van der Waals surface area (Å²) in [6.45, 7) is 41.2. The molecule has 35 heavy (non-hydrogen) atoms. The van der Waals surface area contributed by atoms with Crippen molar-refractivity contribution in [3.63, 3.8) is 0 Å². The van der Waals surface area contributed by atoms with Crippen molar-refractivity contribution in [1.82, 2.24) is 17.8 Å². The van der Waals surface area contributed by atoms with Crippen LogP contribution in [0.5, 0.6) is 0 Å². The van der Waals surface area contributed by atoms with E-state index in [1.54, 1.807) is 0 Å². The Morgan fingerprint density at radius 1 is 0.343 bits per heavy atom. The molecule has 0 amide bonds. The minimum Gasteiger partial charge on any atom is -0.605 e. The summed E-state index contributed by atoms with van der Waals surface area (Å²) < 4.78 is 10.6. The first-order valence-electron chi connectivity index (χ1n) is 12.7. The number of hydrogen-bond donors (Lipinski definition) is 0. The Balaban J connectivity index is 2.51. The van der Waals surface area contributed by atoms with Gasteiger partial charge in [0, 0.05) is 22.2 Å². The summed E-state index contributed by atoms with van der Waals surface area (Å²) in [7, 11) is -3.24. The van der Waals surface area contributed by atoms with Gasteiger partial charge in [0.25, 0.3) is 0 Å². The van der Waals surface area contributed by atoms with Crippen LogP contribution in [0.4, 0.5) is 0 Å². The second-order valence-electron chi connectivity index (χ2n) is 15.5. The monoisotopic (exact) mass is 564 g/mol. The highest BCUT2D eigenvalue weighted by molar-refractivity contribution is 7.95. The normalized spacial score (nSPS) is 29.3. The summed E-state index contributed by atoms with van der Waals surface area (Å²) in [5, 5.41) is 10.7. The van der Waals surface area contributed by atoms with E-state index in [0.717, 1.165) is 0 Å². The second kappa shape index (κ2) is 10.1. The molecule has 2 aliphatic heterocycles. The highest BCUT2D eigenvalue weighted by Gasteiger charge is 2.51. The third-order valence-electron chi connectivity index (χ3n) is 4.69. The van der Waals surface area contributed by atoms with E-state index in [2.05, 4.69) is 142 Å². The maximum atomic E-state index is 5.79. The Bertz CT molecular complexity index is 632. The van der Waals surface area contributed by atoms with Gasteiger partial charge in [0.1, 0.15) is 0 Å². The van der Waals surface area contributed by atoms with Gasteiger partial charge < -0.3 is 15.0 Å². The Morgan fingerprint density at radius 3 is 0.686 bits per heavy atom. The second-order valence-corrected chi connectivity index (χ2v) is 23.3. The summed E-state index contributed by atoms with van der Waals surface area (Å²) in [4.78, 5) is 5.79. The van der Waals surface area contributed by atoms with Crippen LogP contribution in [0.3, 0.4) is 0 Å². The lowest BCUT2D eigenvalue weighted by molar-refractivity contribution is 0.281. The number of nitrogens with zero attached hydrogens (tertiary/aromatic N) is 7. The summed E-state index contributed by atoms with van der Waals surface area (Å²) in [5.41, 5.74) is -0.184. The molecule has 0 N–H and O–H groups in total. The molecule has 0 aromatic heterocycles. The van der Waals surface area contributed by atoms with Crippen LogP contribution in [-0.4, -0.2) is 51.0 Å². The van der Waals surface area contributed by atoms with Crippen LogP contribution in [0.15, 0.2) is 0 Å². The summed E-state index contributed by atoms with van der Waals surface area (Å²) >= 11 is 0. The van der Waals surface area contributed by atoms with Crippen molar-refractivity contribution in [3.8, 4) is 0 Å². The fourth-order valence-electron chi connectivity index (χ4n) is 3.62. The van der Waals surface area contributed by atoms with Gasteiger partial charge in [-0.05, 0) is 83.1 Å². The average molecular weight is 565 g/mol. The molecule has 2 heterocycles. The largest absolute Gasteiger partial charge is 0.605 e. The smallest absolute Gasteiger partial charge is 0.0194 e. The predicted molar refractivity (Wildman–Crippen MR) is 164 cm³/mol. The van der Waals surface area contributed by atoms with E-state index in [9.17, 15) is 0 Å². The summed E-state index contributed by atoms with van der Waals surface area (Å²) in [5.74, 6) is 0. The number of rotatable bonds is 4. The standard InChI is InChI=1S/C24H54N7P4/c1-19(2,3)25-32-28(21(7,8)9)34(29(32)22(10,11)12)27-35-30(23(13,14)15)33(26-20(4,5)6)31(35)24(16,17)18/h1-18H3/q-3. The van der Waals surface area contributed by atoms with Gasteiger partial charge in [-0.1, -0.05) is 75.0 Å². The average Bonchev–Trinajstić information content (AvgIpc) is 2.42. The van der Waals surface area contributed by atoms with Crippen LogP contribution >= 0.6 is 33.5 Å². The molecular formula is C24H54N7P4-3.